The third-order valence-electron chi connectivity index (χ3n) is 14.4. The molecule has 0 spiro atoms. The predicted molar refractivity (Wildman–Crippen MR) is 272 cm³/mol. The lowest BCUT2D eigenvalue weighted by Crippen LogP contribution is -2.30. The van der Waals surface area contributed by atoms with Crippen molar-refractivity contribution in [3.63, 3.8) is 0 Å². The zero-order valence-corrected chi connectivity index (χ0v) is 38.1. The summed E-state index contributed by atoms with van der Waals surface area (Å²) in [5.41, 5.74) is 19.6. The van der Waals surface area contributed by atoms with E-state index in [-0.39, 0.29) is 10.8 Å². The van der Waals surface area contributed by atoms with Crippen LogP contribution in [0.1, 0.15) is 79.0 Å². The van der Waals surface area contributed by atoms with Crippen molar-refractivity contribution in [2.45, 2.75) is 63.7 Å². The second-order valence-corrected chi connectivity index (χ2v) is 20.0. The number of imidazole rings is 1. The van der Waals surface area contributed by atoms with Crippen LogP contribution in [-0.2, 0) is 23.7 Å². The van der Waals surface area contributed by atoms with Gasteiger partial charge in [-0.15, -0.1) is 11.3 Å². The molecule has 1 atom stereocenters. The number of anilines is 3. The van der Waals surface area contributed by atoms with E-state index in [2.05, 4.69) is 225 Å². The van der Waals surface area contributed by atoms with E-state index >= 15 is 0 Å². The highest BCUT2D eigenvalue weighted by Gasteiger charge is 2.37. The number of aryl methyl sites for hydroxylation is 1. The van der Waals surface area contributed by atoms with Crippen LogP contribution in [-0.4, -0.2) is 14.5 Å². The average molecular weight is 859 g/mol. The first-order valence-electron chi connectivity index (χ1n) is 23.0. The second-order valence-electron chi connectivity index (χ2n) is 19.0. The minimum absolute atomic E-state index is 0.0183. The SMILES string of the molecule is CC1(C)c2ccccc2CC(CCc2ccc(-c3nc4cc5c(cc4s3)nc(-c3ccc(N4c6ccccc6C(C)(C)c6ccccc64)cc3)n5-c3ccccc3)cc2)c2ccccc21. The molecule has 1 aliphatic heterocycles. The number of benzene rings is 8. The second kappa shape index (κ2) is 15.3. The fraction of sp³-hybridized carbons (Fsp3) is 0.167. The van der Waals surface area contributed by atoms with Gasteiger partial charge >= 0.3 is 0 Å². The zero-order valence-electron chi connectivity index (χ0n) is 37.3. The lowest BCUT2D eigenvalue weighted by atomic mass is 9.73. The Morgan fingerprint density at radius 2 is 1.14 bits per heavy atom. The molecule has 5 heteroatoms. The van der Waals surface area contributed by atoms with Gasteiger partial charge in [-0.2, -0.15) is 0 Å². The van der Waals surface area contributed by atoms with Crippen molar-refractivity contribution in [1.82, 2.24) is 14.5 Å². The molecule has 2 aromatic heterocycles. The summed E-state index contributed by atoms with van der Waals surface area (Å²) in [7, 11) is 0. The quantitative estimate of drug-likeness (QED) is 0.160. The normalized spacial score (nSPS) is 15.8. The molecule has 0 fully saturated rings. The van der Waals surface area contributed by atoms with Crippen LogP contribution in [0, 0.1) is 0 Å². The predicted octanol–water partition coefficient (Wildman–Crippen LogP) is 15.7. The van der Waals surface area contributed by atoms with Gasteiger partial charge in [0.15, 0.2) is 0 Å². The Kier molecular flexibility index (Phi) is 9.29. The molecule has 3 heterocycles. The molecule has 1 aliphatic carbocycles. The summed E-state index contributed by atoms with van der Waals surface area (Å²) in [5, 5.41) is 1.03. The summed E-state index contributed by atoms with van der Waals surface area (Å²) in [5.74, 6) is 1.38. The Morgan fingerprint density at radius 1 is 0.538 bits per heavy atom. The summed E-state index contributed by atoms with van der Waals surface area (Å²) in [4.78, 5) is 13.0. The van der Waals surface area contributed by atoms with E-state index in [4.69, 9.17) is 9.97 Å². The molecule has 65 heavy (non-hydrogen) atoms. The topological polar surface area (TPSA) is 34.0 Å². The standard InChI is InChI=1S/C60H50N4S/c1-59(2)47-20-10-8-16-43(47)36-42(46-19-9-11-21-48(46)59)31-28-39-26-29-41(30-27-39)58-62-52-37-55-51(38-56(52)65-58)61-57(64(55)44-17-6-5-7-18-44)40-32-34-45(35-33-40)63-53-24-14-12-22-49(53)60(3,4)50-23-13-15-25-54(50)63/h5-27,29-30,32-35,37-38,42H,28,31,36H2,1-4H3. The molecule has 0 saturated carbocycles. The molecule has 10 aromatic rings. The number of nitrogens with zero attached hydrogens (tertiary/aromatic N) is 4. The van der Waals surface area contributed by atoms with Crippen LogP contribution in [0.4, 0.5) is 17.1 Å². The van der Waals surface area contributed by atoms with E-state index in [9.17, 15) is 0 Å². The van der Waals surface area contributed by atoms with Crippen LogP contribution < -0.4 is 4.90 Å². The van der Waals surface area contributed by atoms with Gasteiger partial charge in [-0.3, -0.25) is 4.57 Å². The molecule has 0 saturated heterocycles. The molecule has 2 aliphatic rings. The number of thiazole rings is 1. The van der Waals surface area contributed by atoms with Gasteiger partial charge in [0.05, 0.1) is 32.6 Å². The molecular weight excluding hydrogens is 809 g/mol. The number of fused-ring (bicyclic) bond motifs is 6. The highest BCUT2D eigenvalue weighted by molar-refractivity contribution is 7.21. The molecule has 316 valence electrons. The lowest BCUT2D eigenvalue weighted by molar-refractivity contribution is 0.611. The van der Waals surface area contributed by atoms with Gasteiger partial charge in [-0.1, -0.05) is 155 Å². The van der Waals surface area contributed by atoms with Crippen molar-refractivity contribution >= 4 is 49.6 Å². The highest BCUT2D eigenvalue weighted by atomic mass is 32.1. The van der Waals surface area contributed by atoms with E-state index in [1.165, 1.54) is 50.3 Å². The smallest absolute Gasteiger partial charge is 0.145 e. The summed E-state index contributed by atoms with van der Waals surface area (Å²) < 4.78 is 3.43. The Hall–Kier alpha value is -7.08. The monoisotopic (exact) mass is 858 g/mol. The summed E-state index contributed by atoms with van der Waals surface area (Å²) in [6.45, 7) is 9.44. The Morgan fingerprint density at radius 3 is 1.86 bits per heavy atom. The fourth-order valence-electron chi connectivity index (χ4n) is 11.0. The van der Waals surface area contributed by atoms with Crippen LogP contribution in [0.5, 0.6) is 0 Å². The molecule has 8 aromatic carbocycles. The molecule has 0 amide bonds. The molecular formula is C60H50N4S. The molecule has 12 rings (SSSR count). The summed E-state index contributed by atoms with van der Waals surface area (Å²) >= 11 is 1.74. The number of aromatic nitrogens is 3. The summed E-state index contributed by atoms with van der Waals surface area (Å²) in [6, 6.07) is 69.0. The molecule has 0 bridgehead atoms. The molecule has 0 N–H and O–H groups in total. The van der Waals surface area contributed by atoms with Crippen molar-refractivity contribution in [2.24, 2.45) is 0 Å². The maximum Gasteiger partial charge on any atom is 0.145 e. The zero-order chi connectivity index (χ0) is 43.9. The van der Waals surface area contributed by atoms with Gasteiger partial charge in [0, 0.05) is 33.3 Å². The number of rotatable bonds is 7. The Balaban J connectivity index is 0.844. The van der Waals surface area contributed by atoms with Crippen LogP contribution in [0.15, 0.2) is 188 Å². The number of para-hydroxylation sites is 3. The van der Waals surface area contributed by atoms with Gasteiger partial charge in [0.1, 0.15) is 10.8 Å². The largest absolute Gasteiger partial charge is 0.310 e. The van der Waals surface area contributed by atoms with Gasteiger partial charge in [-0.05, 0) is 125 Å². The van der Waals surface area contributed by atoms with Crippen LogP contribution >= 0.6 is 11.3 Å². The van der Waals surface area contributed by atoms with E-state index < -0.39 is 0 Å². The van der Waals surface area contributed by atoms with Crippen LogP contribution in [0.3, 0.4) is 0 Å². The third kappa shape index (κ3) is 6.55. The first kappa shape index (κ1) is 39.5. The maximum absolute atomic E-state index is 5.36. The van der Waals surface area contributed by atoms with Gasteiger partial charge in [0.25, 0.3) is 0 Å². The van der Waals surface area contributed by atoms with Gasteiger partial charge < -0.3 is 4.90 Å². The van der Waals surface area contributed by atoms with Crippen LogP contribution in [0.2, 0.25) is 0 Å². The first-order chi connectivity index (χ1) is 31.7. The van der Waals surface area contributed by atoms with Crippen molar-refractivity contribution in [3.05, 3.63) is 227 Å². The maximum atomic E-state index is 5.36. The van der Waals surface area contributed by atoms with Gasteiger partial charge in [0.2, 0.25) is 0 Å². The minimum atomic E-state index is -0.104. The Labute approximate surface area is 385 Å². The lowest BCUT2D eigenvalue weighted by Gasteiger charge is -2.42. The highest BCUT2D eigenvalue weighted by Crippen LogP contribution is 2.52. The summed E-state index contributed by atoms with van der Waals surface area (Å²) in [6.07, 6.45) is 3.22. The minimum Gasteiger partial charge on any atom is -0.310 e. The molecule has 4 nitrogen and oxygen atoms in total. The van der Waals surface area contributed by atoms with Crippen molar-refractivity contribution in [3.8, 4) is 27.6 Å². The molecule has 0 radical (unpaired) electrons. The number of hydrogen-bond donors (Lipinski definition) is 0. The van der Waals surface area contributed by atoms with Crippen molar-refractivity contribution in [1.29, 1.82) is 0 Å². The Bertz CT molecular complexity index is 3360. The third-order valence-corrected chi connectivity index (χ3v) is 15.5. The van der Waals surface area contributed by atoms with Crippen molar-refractivity contribution in [2.75, 3.05) is 4.90 Å². The van der Waals surface area contributed by atoms with Gasteiger partial charge in [-0.25, -0.2) is 9.97 Å². The number of hydrogen-bond acceptors (Lipinski definition) is 4. The van der Waals surface area contributed by atoms with E-state index in [0.717, 1.165) is 73.8 Å². The van der Waals surface area contributed by atoms with E-state index in [1.807, 2.05) is 0 Å². The average Bonchev–Trinajstić information content (AvgIpc) is 3.91. The molecule has 1 unspecified atom stereocenters. The first-order valence-corrected chi connectivity index (χ1v) is 23.8. The fourth-order valence-corrected chi connectivity index (χ4v) is 12.0. The van der Waals surface area contributed by atoms with E-state index in [0.29, 0.717) is 5.92 Å². The van der Waals surface area contributed by atoms with E-state index in [1.54, 1.807) is 11.3 Å². The van der Waals surface area contributed by atoms with Crippen LogP contribution in [0.25, 0.3) is 48.9 Å². The van der Waals surface area contributed by atoms with Crippen molar-refractivity contribution < 1.29 is 0 Å².